The first-order valence-electron chi connectivity index (χ1n) is 7.30. The molecule has 5 heteroatoms. The molecule has 0 saturated carbocycles. The van der Waals surface area contributed by atoms with Gasteiger partial charge < -0.3 is 9.73 Å². The minimum absolute atomic E-state index is 0.636. The van der Waals surface area contributed by atoms with Crippen molar-refractivity contribution < 1.29 is 4.42 Å². The first-order valence-corrected chi connectivity index (χ1v) is 8.18. The number of oxazole rings is 1. The van der Waals surface area contributed by atoms with Crippen LogP contribution in [0.25, 0.3) is 10.8 Å². The van der Waals surface area contributed by atoms with Gasteiger partial charge in [0.25, 0.3) is 0 Å². The molecule has 0 bridgehead atoms. The molecule has 1 unspecified atom stereocenters. The fourth-order valence-corrected chi connectivity index (χ4v) is 3.39. The van der Waals surface area contributed by atoms with Crippen molar-refractivity contribution >= 4 is 11.3 Å². The maximum atomic E-state index is 5.61. The first kappa shape index (κ1) is 13.8. The second kappa shape index (κ2) is 6.52. The Morgan fingerprint density at radius 2 is 2.50 bits per heavy atom. The van der Waals surface area contributed by atoms with Gasteiger partial charge in [-0.25, -0.2) is 4.98 Å². The van der Waals surface area contributed by atoms with Crippen LogP contribution in [0.2, 0.25) is 0 Å². The highest BCUT2D eigenvalue weighted by atomic mass is 32.1. The van der Waals surface area contributed by atoms with Crippen molar-refractivity contribution in [2.75, 3.05) is 19.6 Å². The Morgan fingerprint density at radius 3 is 3.20 bits per heavy atom. The van der Waals surface area contributed by atoms with Crippen molar-refractivity contribution in [3.63, 3.8) is 0 Å². The smallest absolute Gasteiger partial charge is 0.236 e. The zero-order valence-corrected chi connectivity index (χ0v) is 12.7. The van der Waals surface area contributed by atoms with Crippen molar-refractivity contribution in [3.05, 3.63) is 29.5 Å². The van der Waals surface area contributed by atoms with E-state index in [9.17, 15) is 0 Å². The molecule has 0 aromatic carbocycles. The van der Waals surface area contributed by atoms with Crippen molar-refractivity contribution in [2.45, 2.75) is 32.4 Å². The van der Waals surface area contributed by atoms with Gasteiger partial charge in [-0.2, -0.15) is 0 Å². The molecule has 20 heavy (non-hydrogen) atoms. The van der Waals surface area contributed by atoms with Gasteiger partial charge >= 0.3 is 0 Å². The summed E-state index contributed by atoms with van der Waals surface area (Å²) in [4.78, 5) is 8.25. The standard InChI is InChI=1S/C15H21N3OS/c1-2-7-18(13-5-6-16-9-13)10-12-11-19-15(17-12)14-4-3-8-20-14/h3-4,8,11,13,16H,2,5-7,9-10H2,1H3. The van der Waals surface area contributed by atoms with Crippen LogP contribution in [-0.2, 0) is 6.54 Å². The number of nitrogens with one attached hydrogen (secondary N) is 1. The number of aromatic nitrogens is 1. The lowest BCUT2D eigenvalue weighted by molar-refractivity contribution is 0.197. The molecule has 1 atom stereocenters. The van der Waals surface area contributed by atoms with Crippen LogP contribution in [0.5, 0.6) is 0 Å². The van der Waals surface area contributed by atoms with Gasteiger partial charge in [0.15, 0.2) is 0 Å². The van der Waals surface area contributed by atoms with Crippen molar-refractivity contribution in [3.8, 4) is 10.8 Å². The van der Waals surface area contributed by atoms with Gasteiger partial charge in [-0.05, 0) is 37.4 Å². The Morgan fingerprint density at radius 1 is 1.55 bits per heavy atom. The van der Waals surface area contributed by atoms with Crippen molar-refractivity contribution in [2.24, 2.45) is 0 Å². The fraction of sp³-hybridized carbons (Fsp3) is 0.533. The minimum atomic E-state index is 0.636. The summed E-state index contributed by atoms with van der Waals surface area (Å²) in [5.74, 6) is 0.746. The van der Waals surface area contributed by atoms with Crippen LogP contribution in [0, 0.1) is 0 Å². The third-order valence-electron chi connectivity index (χ3n) is 3.71. The average Bonchev–Trinajstić information content (AvgIpc) is 3.20. The van der Waals surface area contributed by atoms with Gasteiger partial charge in [0.1, 0.15) is 6.26 Å². The highest BCUT2D eigenvalue weighted by Gasteiger charge is 2.22. The lowest BCUT2D eigenvalue weighted by atomic mass is 10.2. The van der Waals surface area contributed by atoms with E-state index in [0.717, 1.165) is 42.6 Å². The molecule has 2 aromatic heterocycles. The van der Waals surface area contributed by atoms with Gasteiger partial charge in [0.05, 0.1) is 10.6 Å². The molecule has 0 radical (unpaired) electrons. The molecule has 1 fully saturated rings. The Kier molecular flexibility index (Phi) is 4.50. The molecule has 4 nitrogen and oxygen atoms in total. The van der Waals surface area contributed by atoms with E-state index >= 15 is 0 Å². The molecule has 1 aliphatic heterocycles. The summed E-state index contributed by atoms with van der Waals surface area (Å²) in [6.45, 7) is 6.46. The van der Waals surface area contributed by atoms with E-state index in [1.807, 2.05) is 17.5 Å². The molecule has 3 heterocycles. The van der Waals surface area contributed by atoms with Crippen LogP contribution >= 0.6 is 11.3 Å². The maximum Gasteiger partial charge on any atom is 0.236 e. The van der Waals surface area contributed by atoms with Crippen molar-refractivity contribution in [1.29, 1.82) is 0 Å². The summed E-state index contributed by atoms with van der Waals surface area (Å²) >= 11 is 1.66. The van der Waals surface area contributed by atoms with Gasteiger partial charge in [-0.3, -0.25) is 4.90 Å². The Balaban J connectivity index is 1.68. The summed E-state index contributed by atoms with van der Waals surface area (Å²) in [7, 11) is 0. The van der Waals surface area contributed by atoms with Crippen LogP contribution in [0.4, 0.5) is 0 Å². The summed E-state index contributed by atoms with van der Waals surface area (Å²) in [5, 5.41) is 5.49. The minimum Gasteiger partial charge on any atom is -0.444 e. The normalized spacial score (nSPS) is 19.0. The number of hydrogen-bond donors (Lipinski definition) is 1. The highest BCUT2D eigenvalue weighted by Crippen LogP contribution is 2.24. The van der Waals surface area contributed by atoms with E-state index in [1.54, 1.807) is 17.6 Å². The zero-order chi connectivity index (χ0) is 13.8. The van der Waals surface area contributed by atoms with Crippen molar-refractivity contribution in [1.82, 2.24) is 15.2 Å². The number of hydrogen-bond acceptors (Lipinski definition) is 5. The number of nitrogens with zero attached hydrogens (tertiary/aromatic N) is 2. The third-order valence-corrected chi connectivity index (χ3v) is 4.57. The summed E-state index contributed by atoms with van der Waals surface area (Å²) < 4.78 is 5.61. The molecule has 0 spiro atoms. The summed E-state index contributed by atoms with van der Waals surface area (Å²) in [6, 6.07) is 4.71. The average molecular weight is 291 g/mol. The second-order valence-electron chi connectivity index (χ2n) is 5.24. The predicted octanol–water partition coefficient (Wildman–Crippen LogP) is 2.98. The van der Waals surface area contributed by atoms with Crippen LogP contribution in [0.3, 0.4) is 0 Å². The van der Waals surface area contributed by atoms with Crippen LogP contribution in [0.1, 0.15) is 25.5 Å². The summed E-state index contributed by atoms with van der Waals surface area (Å²) in [5.41, 5.74) is 1.04. The molecule has 1 N–H and O–H groups in total. The van der Waals surface area contributed by atoms with E-state index in [4.69, 9.17) is 4.42 Å². The van der Waals surface area contributed by atoms with Crippen LogP contribution in [-0.4, -0.2) is 35.6 Å². The van der Waals surface area contributed by atoms with Gasteiger partial charge in [-0.1, -0.05) is 13.0 Å². The molecular formula is C15H21N3OS. The topological polar surface area (TPSA) is 41.3 Å². The lowest BCUT2D eigenvalue weighted by Gasteiger charge is -2.26. The first-order chi connectivity index (χ1) is 9.86. The lowest BCUT2D eigenvalue weighted by Crippen LogP contribution is -2.37. The van der Waals surface area contributed by atoms with E-state index in [2.05, 4.69) is 22.1 Å². The SMILES string of the molecule is CCCN(Cc1coc(-c2cccs2)n1)C1CCNC1. The Labute approximate surface area is 123 Å². The fourth-order valence-electron chi connectivity index (χ4n) is 2.73. The monoisotopic (exact) mass is 291 g/mol. The van der Waals surface area contributed by atoms with E-state index in [0.29, 0.717) is 6.04 Å². The number of thiophene rings is 1. The third kappa shape index (κ3) is 3.11. The van der Waals surface area contributed by atoms with E-state index < -0.39 is 0 Å². The van der Waals surface area contributed by atoms with Crippen LogP contribution < -0.4 is 5.32 Å². The van der Waals surface area contributed by atoms with Gasteiger partial charge in [0.2, 0.25) is 5.89 Å². The molecule has 3 rings (SSSR count). The second-order valence-corrected chi connectivity index (χ2v) is 6.19. The largest absolute Gasteiger partial charge is 0.444 e. The molecule has 0 aliphatic carbocycles. The highest BCUT2D eigenvalue weighted by molar-refractivity contribution is 7.13. The Bertz CT molecular complexity index is 517. The van der Waals surface area contributed by atoms with Gasteiger partial charge in [0, 0.05) is 19.1 Å². The van der Waals surface area contributed by atoms with E-state index in [-0.39, 0.29) is 0 Å². The molecule has 0 amide bonds. The zero-order valence-electron chi connectivity index (χ0n) is 11.8. The number of rotatable bonds is 6. The van der Waals surface area contributed by atoms with Gasteiger partial charge in [-0.15, -0.1) is 11.3 Å². The summed E-state index contributed by atoms with van der Waals surface area (Å²) in [6.07, 6.45) is 4.21. The Hall–Kier alpha value is -1.17. The predicted molar refractivity (Wildman–Crippen MR) is 81.8 cm³/mol. The van der Waals surface area contributed by atoms with Crippen LogP contribution in [0.15, 0.2) is 28.2 Å². The molecule has 2 aromatic rings. The van der Waals surface area contributed by atoms with E-state index in [1.165, 1.54) is 12.8 Å². The maximum absolute atomic E-state index is 5.61. The molecule has 1 saturated heterocycles. The molecule has 1 aliphatic rings. The quantitative estimate of drug-likeness (QED) is 0.888. The molecule has 108 valence electrons. The molecular weight excluding hydrogens is 270 g/mol.